The van der Waals surface area contributed by atoms with Gasteiger partial charge in [0.1, 0.15) is 11.9 Å². The van der Waals surface area contributed by atoms with Crippen molar-refractivity contribution in [2.24, 2.45) is 5.92 Å². The molecule has 2 atom stereocenters. The van der Waals surface area contributed by atoms with Crippen LogP contribution in [0.3, 0.4) is 0 Å². The Hall–Kier alpha value is -3.68. The van der Waals surface area contributed by atoms with Crippen LogP contribution in [0.5, 0.6) is 17.2 Å². The molecule has 0 unspecified atom stereocenters. The van der Waals surface area contributed by atoms with Crippen molar-refractivity contribution in [3.63, 3.8) is 0 Å². The summed E-state index contributed by atoms with van der Waals surface area (Å²) in [6.45, 7) is 1.85. The summed E-state index contributed by atoms with van der Waals surface area (Å²) in [6.07, 6.45) is 0.961. The van der Waals surface area contributed by atoms with Crippen molar-refractivity contribution in [2.75, 3.05) is 12.1 Å². The Labute approximate surface area is 161 Å². The molecule has 8 nitrogen and oxygen atoms in total. The Morgan fingerprint density at radius 1 is 1.14 bits per heavy atom. The number of ether oxygens (including phenoxy) is 3. The van der Waals surface area contributed by atoms with Crippen molar-refractivity contribution in [3.05, 3.63) is 60.2 Å². The number of amides is 1. The van der Waals surface area contributed by atoms with Crippen LogP contribution < -0.4 is 14.8 Å². The van der Waals surface area contributed by atoms with Gasteiger partial charge in [-0.3, -0.25) is 5.32 Å². The Kier molecular flexibility index (Phi) is 5.69. The zero-order valence-corrected chi connectivity index (χ0v) is 15.0. The topological polar surface area (TPSA) is 114 Å². The lowest BCUT2D eigenvalue weighted by molar-refractivity contribution is -0.131. The first-order valence-electron chi connectivity index (χ1n) is 8.49. The molecule has 3 N–H and O–H groups in total. The molecule has 28 heavy (non-hydrogen) atoms. The van der Waals surface area contributed by atoms with Gasteiger partial charge in [-0.05, 0) is 29.8 Å². The van der Waals surface area contributed by atoms with E-state index in [2.05, 4.69) is 5.32 Å². The number of aliphatic carboxylic acids is 1. The van der Waals surface area contributed by atoms with Gasteiger partial charge in [0.25, 0.3) is 0 Å². The summed E-state index contributed by atoms with van der Waals surface area (Å²) in [4.78, 5) is 23.2. The largest absolute Gasteiger partial charge is 0.508 e. The number of hydrogen-bond acceptors (Lipinski definition) is 6. The van der Waals surface area contributed by atoms with E-state index >= 15 is 0 Å². The van der Waals surface area contributed by atoms with Crippen molar-refractivity contribution in [2.45, 2.75) is 13.0 Å². The van der Waals surface area contributed by atoms with Gasteiger partial charge in [0, 0.05) is 23.7 Å². The van der Waals surface area contributed by atoms with E-state index in [0.717, 1.165) is 6.08 Å². The third-order valence-electron chi connectivity index (χ3n) is 4.09. The first kappa shape index (κ1) is 19.1. The van der Waals surface area contributed by atoms with Gasteiger partial charge >= 0.3 is 12.1 Å². The summed E-state index contributed by atoms with van der Waals surface area (Å²) >= 11 is 0. The van der Waals surface area contributed by atoms with Gasteiger partial charge in [0.05, 0.1) is 0 Å². The van der Waals surface area contributed by atoms with Gasteiger partial charge < -0.3 is 24.4 Å². The van der Waals surface area contributed by atoms with Crippen LogP contribution in [-0.4, -0.2) is 29.1 Å². The van der Waals surface area contributed by atoms with E-state index in [4.69, 9.17) is 19.3 Å². The zero-order chi connectivity index (χ0) is 20.1. The lowest BCUT2D eigenvalue weighted by atomic mass is 9.96. The van der Waals surface area contributed by atoms with Crippen molar-refractivity contribution in [1.29, 1.82) is 0 Å². The van der Waals surface area contributed by atoms with Gasteiger partial charge in [-0.1, -0.05) is 25.1 Å². The van der Waals surface area contributed by atoms with Gasteiger partial charge in [0.15, 0.2) is 11.5 Å². The van der Waals surface area contributed by atoms with Crippen LogP contribution >= 0.6 is 0 Å². The number of phenolic OH excluding ortho intramolecular Hbond substituents is 1. The molecule has 8 heteroatoms. The molecule has 3 rings (SSSR count). The molecule has 0 aliphatic carbocycles. The Morgan fingerprint density at radius 3 is 2.57 bits per heavy atom. The summed E-state index contributed by atoms with van der Waals surface area (Å²) in [5.41, 5.74) is 1.08. The van der Waals surface area contributed by atoms with Crippen molar-refractivity contribution in [1.82, 2.24) is 0 Å². The fourth-order valence-electron chi connectivity index (χ4n) is 2.71. The van der Waals surface area contributed by atoms with Crippen molar-refractivity contribution in [3.8, 4) is 17.2 Å². The molecular formula is C20H19NO7. The molecule has 0 saturated carbocycles. The normalized spacial score (nSPS) is 14.5. The van der Waals surface area contributed by atoms with Gasteiger partial charge in [-0.25, -0.2) is 9.59 Å². The minimum absolute atomic E-state index is 0.0704. The van der Waals surface area contributed by atoms with Gasteiger partial charge in [0.2, 0.25) is 6.79 Å². The minimum atomic E-state index is -1.10. The number of rotatable bonds is 6. The number of carbonyl (C=O) groups excluding carboxylic acids is 1. The fraction of sp³-hybridized carbons (Fsp3) is 0.200. The standard InChI is InChI=1S/C20H19NO7/c1-12(2-9-18(23)24)19(13-3-6-15(22)7-4-13)28-20(25)21-14-5-8-16-17(10-14)27-11-26-16/h2-10,12,19,22H,11H2,1H3,(H,21,25)(H,23,24)/b9-2+/t12-,19-/m1/s1. The molecule has 1 aliphatic heterocycles. The highest BCUT2D eigenvalue weighted by Gasteiger charge is 2.23. The summed E-state index contributed by atoms with van der Waals surface area (Å²) in [5.74, 6) is -0.343. The van der Waals surface area contributed by atoms with Crippen LogP contribution in [0.25, 0.3) is 0 Å². The smallest absolute Gasteiger partial charge is 0.412 e. The average Bonchev–Trinajstić information content (AvgIpc) is 3.13. The average molecular weight is 385 g/mol. The van der Waals surface area contributed by atoms with E-state index in [0.29, 0.717) is 22.7 Å². The maximum Gasteiger partial charge on any atom is 0.412 e. The van der Waals surface area contributed by atoms with Crippen LogP contribution in [0.1, 0.15) is 18.6 Å². The van der Waals surface area contributed by atoms with E-state index < -0.39 is 24.1 Å². The summed E-state index contributed by atoms with van der Waals surface area (Å²) in [7, 11) is 0. The monoisotopic (exact) mass is 385 g/mol. The lowest BCUT2D eigenvalue weighted by Crippen LogP contribution is -2.21. The second-order valence-corrected chi connectivity index (χ2v) is 6.17. The van der Waals surface area contributed by atoms with Gasteiger partial charge in [-0.15, -0.1) is 0 Å². The molecule has 1 amide bonds. The molecule has 0 fully saturated rings. The predicted octanol–water partition coefficient (Wildman–Crippen LogP) is 3.69. The van der Waals surface area contributed by atoms with Gasteiger partial charge in [-0.2, -0.15) is 0 Å². The molecular weight excluding hydrogens is 366 g/mol. The molecule has 0 radical (unpaired) electrons. The molecule has 0 saturated heterocycles. The highest BCUT2D eigenvalue weighted by Crippen LogP contribution is 2.34. The van der Waals surface area contributed by atoms with Crippen LogP contribution in [0.4, 0.5) is 10.5 Å². The SMILES string of the molecule is C[C@H](/C=C/C(=O)O)[C@@H](OC(=O)Nc1ccc2c(c1)OCO2)c1ccc(O)cc1. The molecule has 1 aliphatic rings. The van der Waals surface area contributed by atoms with Crippen LogP contribution in [0.15, 0.2) is 54.6 Å². The maximum absolute atomic E-state index is 12.4. The first-order valence-corrected chi connectivity index (χ1v) is 8.49. The number of benzene rings is 2. The number of hydrogen-bond donors (Lipinski definition) is 3. The number of nitrogens with one attached hydrogen (secondary N) is 1. The number of carboxylic acid groups (broad SMARTS) is 1. The Bertz CT molecular complexity index is 892. The summed E-state index contributed by atoms with van der Waals surface area (Å²) < 4.78 is 16.0. The lowest BCUT2D eigenvalue weighted by Gasteiger charge is -2.22. The quantitative estimate of drug-likeness (QED) is 0.650. The van der Waals surface area contributed by atoms with E-state index in [1.807, 2.05) is 0 Å². The second-order valence-electron chi connectivity index (χ2n) is 6.17. The summed E-state index contributed by atoms with van der Waals surface area (Å²) in [5, 5.41) is 20.9. The number of fused-ring (bicyclic) bond motifs is 1. The third-order valence-corrected chi connectivity index (χ3v) is 4.09. The number of anilines is 1. The summed E-state index contributed by atoms with van der Waals surface area (Å²) in [6, 6.07) is 11.1. The van der Waals surface area contributed by atoms with E-state index in [1.54, 1.807) is 37.3 Å². The number of carboxylic acids is 1. The number of aromatic hydroxyl groups is 1. The molecule has 0 bridgehead atoms. The van der Waals surface area contributed by atoms with Crippen molar-refractivity contribution < 1.29 is 34.0 Å². The highest BCUT2D eigenvalue weighted by molar-refractivity contribution is 5.85. The minimum Gasteiger partial charge on any atom is -0.508 e. The Morgan fingerprint density at radius 2 is 1.86 bits per heavy atom. The fourth-order valence-corrected chi connectivity index (χ4v) is 2.71. The Balaban J connectivity index is 1.75. The van der Waals surface area contributed by atoms with E-state index in [-0.39, 0.29) is 12.5 Å². The van der Waals surface area contributed by atoms with Crippen molar-refractivity contribution >= 4 is 17.7 Å². The number of phenols is 1. The molecule has 2 aromatic rings. The van der Waals surface area contributed by atoms with Crippen LogP contribution in [-0.2, 0) is 9.53 Å². The highest BCUT2D eigenvalue weighted by atomic mass is 16.7. The first-order chi connectivity index (χ1) is 13.4. The molecule has 146 valence electrons. The molecule has 0 aromatic heterocycles. The molecule has 2 aromatic carbocycles. The van der Waals surface area contributed by atoms with Crippen LogP contribution in [0.2, 0.25) is 0 Å². The zero-order valence-electron chi connectivity index (χ0n) is 15.0. The van der Waals surface area contributed by atoms with Crippen LogP contribution in [0, 0.1) is 5.92 Å². The number of carbonyl (C=O) groups is 2. The predicted molar refractivity (Wildman–Crippen MR) is 99.5 cm³/mol. The molecule has 1 heterocycles. The third kappa shape index (κ3) is 4.73. The maximum atomic E-state index is 12.4. The second kappa shape index (κ2) is 8.34. The van der Waals surface area contributed by atoms with E-state index in [1.165, 1.54) is 18.2 Å². The molecule has 0 spiro atoms. The van der Waals surface area contributed by atoms with E-state index in [9.17, 15) is 14.7 Å².